The lowest BCUT2D eigenvalue weighted by Crippen LogP contribution is -2.55. The summed E-state index contributed by atoms with van der Waals surface area (Å²) >= 11 is 5.22. The van der Waals surface area contributed by atoms with Crippen LogP contribution in [0.1, 0.15) is 32.3 Å². The van der Waals surface area contributed by atoms with Crippen LogP contribution in [0.25, 0.3) is 0 Å². The Morgan fingerprint density at radius 3 is 2.39 bits per heavy atom. The number of anilines is 1. The van der Waals surface area contributed by atoms with Crippen LogP contribution in [0.4, 0.5) is 18.9 Å². The zero-order chi connectivity index (χ0) is 24.6. The Morgan fingerprint density at radius 1 is 1.21 bits per heavy atom. The van der Waals surface area contributed by atoms with Gasteiger partial charge in [-0.15, -0.1) is 0 Å². The predicted molar refractivity (Wildman–Crippen MR) is 123 cm³/mol. The van der Waals surface area contributed by atoms with Crippen LogP contribution in [-0.2, 0) is 20.4 Å². The van der Waals surface area contributed by atoms with E-state index in [4.69, 9.17) is 12.2 Å². The molecule has 2 atom stereocenters. The molecule has 2 aliphatic rings. The summed E-state index contributed by atoms with van der Waals surface area (Å²) in [5, 5.41) is 9.89. The van der Waals surface area contributed by atoms with Crippen LogP contribution in [0, 0.1) is 0 Å². The molecule has 33 heavy (non-hydrogen) atoms. The highest BCUT2D eigenvalue weighted by Crippen LogP contribution is 2.39. The van der Waals surface area contributed by atoms with E-state index in [1.54, 1.807) is 12.2 Å². The number of sulfonamides is 1. The molecular formula is C22H25F3N2O4S2. The number of Topliss-reactive ketones (excluding diaryl/α,β-unsaturated/α-hetero) is 1. The van der Waals surface area contributed by atoms with Crippen LogP contribution in [0.15, 0.2) is 47.4 Å². The van der Waals surface area contributed by atoms with Gasteiger partial charge in [-0.1, -0.05) is 36.5 Å². The van der Waals surface area contributed by atoms with E-state index in [0.717, 1.165) is 0 Å². The highest BCUT2D eigenvalue weighted by molar-refractivity contribution is 7.96. The van der Waals surface area contributed by atoms with Gasteiger partial charge in [-0.2, -0.15) is 17.5 Å². The van der Waals surface area contributed by atoms with Gasteiger partial charge in [0.25, 0.3) is 0 Å². The minimum atomic E-state index is -4.84. The molecule has 1 saturated heterocycles. The van der Waals surface area contributed by atoms with Crippen molar-refractivity contribution >= 4 is 38.6 Å². The highest BCUT2D eigenvalue weighted by atomic mass is 32.2. The van der Waals surface area contributed by atoms with Gasteiger partial charge in [0, 0.05) is 49.1 Å². The van der Waals surface area contributed by atoms with E-state index in [2.05, 4.69) is 0 Å². The van der Waals surface area contributed by atoms with Crippen molar-refractivity contribution in [2.75, 3.05) is 24.5 Å². The van der Waals surface area contributed by atoms with Crippen LogP contribution in [0.2, 0.25) is 0 Å². The molecule has 1 N–H and O–H groups in total. The average molecular weight is 503 g/mol. The fraction of sp³-hybridized carbons (Fsp3) is 0.455. The first-order valence-electron chi connectivity index (χ1n) is 10.3. The molecule has 0 amide bonds. The fourth-order valence-corrected chi connectivity index (χ4v) is 6.00. The predicted octanol–water partition coefficient (Wildman–Crippen LogP) is 3.47. The Balaban J connectivity index is 1.86. The van der Waals surface area contributed by atoms with Gasteiger partial charge in [0.1, 0.15) is 5.78 Å². The van der Waals surface area contributed by atoms with Crippen LogP contribution >= 0.6 is 12.2 Å². The normalized spacial score (nSPS) is 22.1. The summed E-state index contributed by atoms with van der Waals surface area (Å²) in [6.07, 6.45) is 0.484. The van der Waals surface area contributed by atoms with E-state index in [1.807, 2.05) is 4.90 Å². The van der Waals surface area contributed by atoms with E-state index in [-0.39, 0.29) is 42.3 Å². The topological polar surface area (TPSA) is 77.9 Å². The van der Waals surface area contributed by atoms with Crippen LogP contribution in [0.5, 0.6) is 0 Å². The van der Waals surface area contributed by atoms with Crippen molar-refractivity contribution in [1.82, 2.24) is 4.31 Å². The van der Waals surface area contributed by atoms with Crippen LogP contribution in [-0.4, -0.2) is 60.3 Å². The van der Waals surface area contributed by atoms with E-state index >= 15 is 0 Å². The van der Waals surface area contributed by atoms with E-state index in [1.165, 1.54) is 41.6 Å². The molecule has 1 heterocycles. The Morgan fingerprint density at radius 2 is 1.85 bits per heavy atom. The molecule has 1 aromatic carbocycles. The average Bonchev–Trinajstić information content (AvgIpc) is 2.73. The number of carbonyl (C=O) groups excluding carboxylic acids is 1. The zero-order valence-electron chi connectivity index (χ0n) is 18.2. The molecule has 6 nitrogen and oxygen atoms in total. The number of thiocarbonyl (C=S) groups is 1. The van der Waals surface area contributed by atoms with Gasteiger partial charge in [-0.25, -0.2) is 8.42 Å². The molecule has 180 valence electrons. The van der Waals surface area contributed by atoms with Crippen molar-refractivity contribution in [1.29, 1.82) is 0 Å². The van der Waals surface area contributed by atoms with Gasteiger partial charge >= 0.3 is 6.18 Å². The fourth-order valence-electron chi connectivity index (χ4n) is 3.93. The lowest BCUT2D eigenvalue weighted by Gasteiger charge is -2.42. The molecule has 0 aromatic heterocycles. The zero-order valence-corrected chi connectivity index (χ0v) is 19.8. The molecule has 1 aliphatic carbocycles. The summed E-state index contributed by atoms with van der Waals surface area (Å²) in [4.78, 5) is 14.1. The number of hydrogen-bond acceptors (Lipinski definition) is 6. The van der Waals surface area contributed by atoms with Gasteiger partial charge in [0.15, 0.2) is 5.60 Å². The molecule has 1 unspecified atom stereocenters. The van der Waals surface area contributed by atoms with E-state index in [9.17, 15) is 31.5 Å². The number of ketones is 1. The standard InChI is InChI=1S/C22H25F3N2O4S2/c1-15(28)13-18-14-26(33(30,31)20-6-4-3-5-19(20)32)11-12-27(18)17-9-7-16(8-10-17)21(2,29)22(23,24)25/h3-4,6-10,18,29H,5,11-14H2,1-2H3/t18-,21?/m0/s1. The summed E-state index contributed by atoms with van der Waals surface area (Å²) in [5.41, 5.74) is -2.78. The van der Waals surface area contributed by atoms with Crippen LogP contribution < -0.4 is 4.90 Å². The van der Waals surface area contributed by atoms with Crippen molar-refractivity contribution in [3.63, 3.8) is 0 Å². The lowest BCUT2D eigenvalue weighted by molar-refractivity contribution is -0.258. The second kappa shape index (κ2) is 9.28. The Labute approximate surface area is 196 Å². The third-order valence-corrected chi connectivity index (χ3v) is 8.33. The summed E-state index contributed by atoms with van der Waals surface area (Å²) in [7, 11) is -3.85. The quantitative estimate of drug-likeness (QED) is 0.601. The third kappa shape index (κ3) is 5.21. The minimum absolute atomic E-state index is 0.0353. The number of aliphatic hydroxyl groups is 1. The monoisotopic (exact) mass is 502 g/mol. The van der Waals surface area contributed by atoms with Gasteiger partial charge < -0.3 is 10.0 Å². The number of piperazine rings is 1. The van der Waals surface area contributed by atoms with Gasteiger partial charge in [0.05, 0.1) is 4.91 Å². The summed E-state index contributed by atoms with van der Waals surface area (Å²) in [6, 6.07) is 4.75. The Bertz CT molecular complexity index is 1090. The molecule has 0 radical (unpaired) electrons. The molecule has 3 rings (SSSR count). The maximum atomic E-state index is 13.2. The number of hydrogen-bond donors (Lipinski definition) is 1. The maximum Gasteiger partial charge on any atom is 0.421 e. The number of rotatable bonds is 6. The van der Waals surface area contributed by atoms with Crippen molar-refractivity contribution in [3.05, 3.63) is 53.0 Å². The van der Waals surface area contributed by atoms with Crippen molar-refractivity contribution in [2.45, 2.75) is 44.5 Å². The van der Waals surface area contributed by atoms with Crippen molar-refractivity contribution in [3.8, 4) is 0 Å². The number of allylic oxidation sites excluding steroid dienone is 4. The number of benzene rings is 1. The SMILES string of the molecule is CC(=O)C[C@H]1CN(S(=O)(=O)C2=CC=CCC2=S)CCN1c1ccc(C(C)(O)C(F)(F)F)cc1. The van der Waals surface area contributed by atoms with Crippen molar-refractivity contribution < 1.29 is 31.5 Å². The highest BCUT2D eigenvalue weighted by Gasteiger charge is 2.51. The lowest BCUT2D eigenvalue weighted by atomic mass is 9.95. The summed E-state index contributed by atoms with van der Waals surface area (Å²) < 4.78 is 67.1. The van der Waals surface area contributed by atoms with E-state index in [0.29, 0.717) is 23.9 Å². The maximum absolute atomic E-state index is 13.2. The first-order chi connectivity index (χ1) is 15.2. The third-order valence-electron chi connectivity index (χ3n) is 5.86. The number of alkyl halides is 3. The second-order valence-electron chi connectivity index (χ2n) is 8.32. The van der Waals surface area contributed by atoms with Gasteiger partial charge in [-0.05, 0) is 37.6 Å². The van der Waals surface area contributed by atoms with Gasteiger partial charge in [0.2, 0.25) is 10.0 Å². The van der Waals surface area contributed by atoms with E-state index < -0.39 is 27.8 Å². The smallest absolute Gasteiger partial charge is 0.376 e. The Hall–Kier alpha value is -2.08. The summed E-state index contributed by atoms with van der Waals surface area (Å²) in [5.74, 6) is -0.142. The molecule has 1 aliphatic heterocycles. The molecule has 11 heteroatoms. The van der Waals surface area contributed by atoms with Crippen molar-refractivity contribution in [2.24, 2.45) is 0 Å². The largest absolute Gasteiger partial charge is 0.421 e. The number of nitrogens with zero attached hydrogens (tertiary/aromatic N) is 2. The molecule has 0 bridgehead atoms. The molecule has 1 fully saturated rings. The molecular weight excluding hydrogens is 477 g/mol. The minimum Gasteiger partial charge on any atom is -0.376 e. The Kier molecular flexibility index (Phi) is 7.18. The molecule has 0 saturated carbocycles. The summed E-state index contributed by atoms with van der Waals surface area (Å²) in [6.45, 7) is 2.49. The first kappa shape index (κ1) is 25.5. The number of halogens is 3. The first-order valence-corrected chi connectivity index (χ1v) is 12.2. The number of carbonyl (C=O) groups is 1. The second-order valence-corrected chi connectivity index (χ2v) is 10.7. The molecule has 1 aromatic rings. The molecule has 0 spiro atoms. The van der Waals surface area contributed by atoms with Crippen LogP contribution in [0.3, 0.4) is 0 Å². The van der Waals surface area contributed by atoms with Gasteiger partial charge in [-0.3, -0.25) is 4.79 Å².